The molecule has 0 radical (unpaired) electrons. The van der Waals surface area contributed by atoms with Crippen LogP contribution in [0.2, 0.25) is 0 Å². The van der Waals surface area contributed by atoms with Gasteiger partial charge in [0.25, 0.3) is 0 Å². The van der Waals surface area contributed by atoms with Crippen molar-refractivity contribution in [3.8, 4) is 5.75 Å². The molecule has 0 aromatic heterocycles. The fourth-order valence-corrected chi connectivity index (χ4v) is 4.33. The van der Waals surface area contributed by atoms with Crippen molar-refractivity contribution in [1.82, 2.24) is 0 Å². The van der Waals surface area contributed by atoms with E-state index in [0.29, 0.717) is 11.5 Å². The van der Waals surface area contributed by atoms with Gasteiger partial charge in [-0.05, 0) is 61.6 Å². The van der Waals surface area contributed by atoms with Crippen molar-refractivity contribution in [3.05, 3.63) is 29.8 Å². The molecule has 1 saturated carbocycles. The molecular weight excluding hydrogens is 258 g/mol. The standard InChI is InChI=1S/C19H29NO/c1-2-5-15-8-10-19(14-20,11-9-15)13-17-12-16-6-3-4-7-18(16)21-17/h3-4,6-7,15,17H,2,5,8-14,20H2,1H3. The zero-order valence-corrected chi connectivity index (χ0v) is 13.3. The van der Waals surface area contributed by atoms with Crippen molar-refractivity contribution in [1.29, 1.82) is 0 Å². The minimum Gasteiger partial charge on any atom is -0.490 e. The Morgan fingerprint density at radius 1 is 1.24 bits per heavy atom. The third-order valence-electron chi connectivity index (χ3n) is 5.67. The van der Waals surface area contributed by atoms with E-state index < -0.39 is 0 Å². The van der Waals surface area contributed by atoms with Gasteiger partial charge in [0.1, 0.15) is 11.9 Å². The van der Waals surface area contributed by atoms with Gasteiger partial charge in [0, 0.05) is 6.42 Å². The molecule has 1 unspecified atom stereocenters. The third kappa shape index (κ3) is 3.26. The van der Waals surface area contributed by atoms with E-state index in [1.54, 1.807) is 0 Å². The van der Waals surface area contributed by atoms with Crippen LogP contribution in [0.25, 0.3) is 0 Å². The van der Waals surface area contributed by atoms with Crippen LogP contribution in [0, 0.1) is 11.3 Å². The second kappa shape index (κ2) is 6.39. The maximum Gasteiger partial charge on any atom is 0.123 e. The van der Waals surface area contributed by atoms with Crippen molar-refractivity contribution in [2.75, 3.05) is 6.54 Å². The molecule has 1 aliphatic heterocycles. The minimum absolute atomic E-state index is 0.330. The van der Waals surface area contributed by atoms with Gasteiger partial charge < -0.3 is 10.5 Å². The monoisotopic (exact) mass is 287 g/mol. The predicted molar refractivity (Wildman–Crippen MR) is 87.5 cm³/mol. The van der Waals surface area contributed by atoms with E-state index in [-0.39, 0.29) is 0 Å². The maximum absolute atomic E-state index is 6.19. The first-order valence-electron chi connectivity index (χ1n) is 8.69. The van der Waals surface area contributed by atoms with Crippen LogP contribution in [0.15, 0.2) is 24.3 Å². The smallest absolute Gasteiger partial charge is 0.123 e. The Balaban J connectivity index is 1.59. The molecule has 1 aromatic carbocycles. The van der Waals surface area contributed by atoms with Crippen LogP contribution in [-0.2, 0) is 6.42 Å². The summed E-state index contributed by atoms with van der Waals surface area (Å²) >= 11 is 0. The summed E-state index contributed by atoms with van der Waals surface area (Å²) in [6, 6.07) is 8.47. The molecule has 0 amide bonds. The number of fused-ring (bicyclic) bond motifs is 1. The van der Waals surface area contributed by atoms with E-state index in [4.69, 9.17) is 10.5 Å². The highest BCUT2D eigenvalue weighted by atomic mass is 16.5. The molecule has 1 fully saturated rings. The molecule has 2 aliphatic rings. The van der Waals surface area contributed by atoms with Gasteiger partial charge in [0.2, 0.25) is 0 Å². The predicted octanol–water partition coefficient (Wildman–Crippen LogP) is 4.32. The Morgan fingerprint density at radius 2 is 2.00 bits per heavy atom. The van der Waals surface area contributed by atoms with Gasteiger partial charge in [-0.2, -0.15) is 0 Å². The number of hydrogen-bond acceptors (Lipinski definition) is 2. The first kappa shape index (κ1) is 14.9. The van der Waals surface area contributed by atoms with E-state index >= 15 is 0 Å². The van der Waals surface area contributed by atoms with Crippen LogP contribution in [0.3, 0.4) is 0 Å². The van der Waals surface area contributed by atoms with E-state index in [9.17, 15) is 0 Å². The van der Waals surface area contributed by atoms with Gasteiger partial charge >= 0.3 is 0 Å². The molecule has 2 nitrogen and oxygen atoms in total. The van der Waals surface area contributed by atoms with Gasteiger partial charge in [-0.15, -0.1) is 0 Å². The third-order valence-corrected chi connectivity index (χ3v) is 5.67. The van der Waals surface area contributed by atoms with Gasteiger partial charge in [-0.1, -0.05) is 38.0 Å². The first-order valence-corrected chi connectivity index (χ1v) is 8.69. The van der Waals surface area contributed by atoms with Gasteiger partial charge in [-0.25, -0.2) is 0 Å². The molecule has 0 bridgehead atoms. The Morgan fingerprint density at radius 3 is 2.67 bits per heavy atom. The SMILES string of the molecule is CCCC1CCC(CN)(CC2Cc3ccccc3O2)CC1. The highest BCUT2D eigenvalue weighted by molar-refractivity contribution is 5.37. The fraction of sp³-hybridized carbons (Fsp3) is 0.684. The van der Waals surface area contributed by atoms with E-state index in [1.165, 1.54) is 44.1 Å². The molecule has 1 heterocycles. The average molecular weight is 287 g/mol. The summed E-state index contributed by atoms with van der Waals surface area (Å²) in [5.41, 5.74) is 7.89. The summed E-state index contributed by atoms with van der Waals surface area (Å²) in [5.74, 6) is 2.03. The van der Waals surface area contributed by atoms with Crippen LogP contribution < -0.4 is 10.5 Å². The summed E-state index contributed by atoms with van der Waals surface area (Å²) in [5, 5.41) is 0. The number of rotatable bonds is 5. The van der Waals surface area contributed by atoms with Crippen molar-refractivity contribution in [3.63, 3.8) is 0 Å². The Kier molecular flexibility index (Phi) is 4.54. The molecule has 1 atom stereocenters. The molecule has 2 N–H and O–H groups in total. The van der Waals surface area contributed by atoms with Crippen molar-refractivity contribution in [2.45, 2.75) is 64.4 Å². The molecule has 2 heteroatoms. The van der Waals surface area contributed by atoms with Gasteiger partial charge in [-0.3, -0.25) is 0 Å². The molecule has 1 aromatic rings. The quantitative estimate of drug-likeness (QED) is 0.875. The number of para-hydroxylation sites is 1. The molecule has 3 rings (SSSR count). The average Bonchev–Trinajstić information content (AvgIpc) is 2.91. The van der Waals surface area contributed by atoms with Crippen LogP contribution in [-0.4, -0.2) is 12.6 Å². The molecule has 0 spiro atoms. The van der Waals surface area contributed by atoms with Crippen LogP contribution >= 0.6 is 0 Å². The molecular formula is C19H29NO. The number of ether oxygens (including phenoxy) is 1. The van der Waals surface area contributed by atoms with Crippen LogP contribution in [0.5, 0.6) is 5.75 Å². The fourth-order valence-electron chi connectivity index (χ4n) is 4.33. The van der Waals surface area contributed by atoms with Crippen LogP contribution in [0.1, 0.15) is 57.4 Å². The maximum atomic E-state index is 6.19. The van der Waals surface area contributed by atoms with Gasteiger partial charge in [0.05, 0.1) is 0 Å². The van der Waals surface area contributed by atoms with E-state index in [2.05, 4.69) is 31.2 Å². The van der Waals surface area contributed by atoms with Gasteiger partial charge in [0.15, 0.2) is 0 Å². The Hall–Kier alpha value is -1.02. The number of benzene rings is 1. The lowest BCUT2D eigenvalue weighted by Crippen LogP contribution is -2.39. The second-order valence-corrected chi connectivity index (χ2v) is 7.19. The molecule has 116 valence electrons. The highest BCUT2D eigenvalue weighted by Gasteiger charge is 2.38. The summed E-state index contributed by atoms with van der Waals surface area (Å²) in [4.78, 5) is 0. The topological polar surface area (TPSA) is 35.2 Å². The summed E-state index contributed by atoms with van der Waals surface area (Å²) in [6.45, 7) is 3.12. The van der Waals surface area contributed by atoms with E-state index in [1.807, 2.05) is 0 Å². The zero-order chi connectivity index (χ0) is 14.7. The van der Waals surface area contributed by atoms with E-state index in [0.717, 1.165) is 31.1 Å². The summed E-state index contributed by atoms with van der Waals surface area (Å²) in [7, 11) is 0. The summed E-state index contributed by atoms with van der Waals surface area (Å²) < 4.78 is 6.16. The zero-order valence-electron chi connectivity index (χ0n) is 13.3. The lowest BCUT2D eigenvalue weighted by molar-refractivity contribution is 0.0831. The highest BCUT2D eigenvalue weighted by Crippen LogP contribution is 2.45. The van der Waals surface area contributed by atoms with Crippen molar-refractivity contribution in [2.24, 2.45) is 17.1 Å². The minimum atomic E-state index is 0.330. The normalized spacial score (nSPS) is 31.7. The lowest BCUT2D eigenvalue weighted by Gasteiger charge is -2.41. The molecule has 21 heavy (non-hydrogen) atoms. The van der Waals surface area contributed by atoms with Crippen molar-refractivity contribution >= 4 is 0 Å². The Labute approximate surface area is 129 Å². The van der Waals surface area contributed by atoms with Crippen molar-refractivity contribution < 1.29 is 4.74 Å². The second-order valence-electron chi connectivity index (χ2n) is 7.19. The Bertz CT molecular complexity index is 437. The first-order chi connectivity index (χ1) is 10.2. The molecule has 0 saturated heterocycles. The number of hydrogen-bond donors (Lipinski definition) is 1. The largest absolute Gasteiger partial charge is 0.490 e. The molecule has 1 aliphatic carbocycles. The number of nitrogens with two attached hydrogens (primary N) is 1. The van der Waals surface area contributed by atoms with Crippen LogP contribution in [0.4, 0.5) is 0 Å². The lowest BCUT2D eigenvalue weighted by atomic mass is 9.67. The summed E-state index contributed by atoms with van der Waals surface area (Å²) in [6.07, 6.45) is 10.6.